The summed E-state index contributed by atoms with van der Waals surface area (Å²) in [5, 5.41) is 0.277. The zero-order valence-electron chi connectivity index (χ0n) is 16.9. The highest BCUT2D eigenvalue weighted by Gasteiger charge is 2.25. The van der Waals surface area contributed by atoms with Crippen LogP contribution in [0.5, 0.6) is 17.2 Å². The molecule has 0 amide bonds. The lowest BCUT2D eigenvalue weighted by molar-refractivity contribution is 0.323. The number of rotatable bonds is 6. The predicted molar refractivity (Wildman–Crippen MR) is 116 cm³/mol. The van der Waals surface area contributed by atoms with Gasteiger partial charge >= 0.3 is 0 Å². The number of fused-ring (bicyclic) bond motifs is 1. The summed E-state index contributed by atoms with van der Waals surface area (Å²) in [4.78, 5) is 3.69. The van der Waals surface area contributed by atoms with E-state index in [1.165, 1.54) is 21.7 Å². The topological polar surface area (TPSA) is 44.1 Å². The summed E-state index contributed by atoms with van der Waals surface area (Å²) in [6.45, 7) is 1.77. The van der Waals surface area contributed by atoms with Gasteiger partial charge in [0.25, 0.3) is 0 Å². The van der Waals surface area contributed by atoms with Crippen LogP contribution in [0.15, 0.2) is 64.3 Å². The van der Waals surface area contributed by atoms with Crippen LogP contribution in [-0.2, 0) is 6.54 Å². The average Bonchev–Trinajstić information content (AvgIpc) is 3.20. The highest BCUT2D eigenvalue weighted by molar-refractivity contribution is 7.99. The maximum Gasteiger partial charge on any atom is 0.203 e. The summed E-state index contributed by atoms with van der Waals surface area (Å²) in [6.07, 6.45) is 4.54. The van der Waals surface area contributed by atoms with Crippen LogP contribution in [0.25, 0.3) is 0 Å². The van der Waals surface area contributed by atoms with Crippen LogP contribution in [0.4, 0.5) is 5.69 Å². The Morgan fingerprint density at radius 2 is 1.79 bits per heavy atom. The molecule has 0 N–H and O–H groups in total. The Balaban J connectivity index is 1.68. The Labute approximate surface area is 175 Å². The number of methoxy groups -OCH3 is 3. The molecular formula is C23H25NO4S. The fraction of sp³-hybridized carbons (Fsp3) is 0.304. The molecule has 0 saturated carbocycles. The molecule has 0 radical (unpaired) electrons. The summed E-state index contributed by atoms with van der Waals surface area (Å²) >= 11 is 1.88. The number of benzene rings is 2. The normalized spacial score (nSPS) is 16.1. The van der Waals surface area contributed by atoms with Crippen LogP contribution in [0, 0.1) is 0 Å². The van der Waals surface area contributed by atoms with Gasteiger partial charge in [0.1, 0.15) is 0 Å². The fourth-order valence-electron chi connectivity index (χ4n) is 3.71. The summed E-state index contributed by atoms with van der Waals surface area (Å²) in [7, 11) is 4.94. The molecule has 1 atom stereocenters. The molecule has 2 heterocycles. The molecule has 0 spiro atoms. The van der Waals surface area contributed by atoms with Gasteiger partial charge in [-0.2, -0.15) is 0 Å². The van der Waals surface area contributed by atoms with E-state index in [4.69, 9.17) is 18.6 Å². The Morgan fingerprint density at radius 1 is 1.03 bits per heavy atom. The molecule has 29 heavy (non-hydrogen) atoms. The molecule has 5 nitrogen and oxygen atoms in total. The lowest BCUT2D eigenvalue weighted by Crippen LogP contribution is -2.23. The van der Waals surface area contributed by atoms with Crippen molar-refractivity contribution in [3.8, 4) is 17.2 Å². The summed E-state index contributed by atoms with van der Waals surface area (Å²) < 4.78 is 21.9. The first-order valence-electron chi connectivity index (χ1n) is 9.55. The first-order chi connectivity index (χ1) is 14.2. The third kappa shape index (κ3) is 4.03. The second kappa shape index (κ2) is 8.74. The summed E-state index contributed by atoms with van der Waals surface area (Å²) in [5.41, 5.74) is 3.61. The molecule has 1 aromatic heterocycles. The van der Waals surface area contributed by atoms with E-state index in [0.717, 1.165) is 19.5 Å². The molecule has 0 saturated heterocycles. The molecule has 4 rings (SSSR count). The van der Waals surface area contributed by atoms with Crippen molar-refractivity contribution in [2.45, 2.75) is 23.1 Å². The van der Waals surface area contributed by atoms with Crippen molar-refractivity contribution in [3.05, 3.63) is 66.1 Å². The molecule has 152 valence electrons. The third-order valence-electron chi connectivity index (χ3n) is 5.15. The van der Waals surface area contributed by atoms with Gasteiger partial charge < -0.3 is 23.5 Å². The number of ether oxygens (including phenoxy) is 3. The Hall–Kier alpha value is -2.73. The minimum absolute atomic E-state index is 0.277. The Morgan fingerprint density at radius 3 is 2.45 bits per heavy atom. The lowest BCUT2D eigenvalue weighted by Gasteiger charge is -2.24. The zero-order valence-corrected chi connectivity index (χ0v) is 17.7. The van der Waals surface area contributed by atoms with Crippen LogP contribution in [0.3, 0.4) is 0 Å². The minimum atomic E-state index is 0.277. The SMILES string of the molecule is COc1cc(C2CCN(Cc3ccoc3)c3ccccc3S2)cc(OC)c1OC. The largest absolute Gasteiger partial charge is 0.493 e. The second-order valence-corrected chi connectivity index (χ2v) is 8.12. The van der Waals surface area contributed by atoms with Crippen molar-refractivity contribution in [1.82, 2.24) is 0 Å². The maximum absolute atomic E-state index is 5.57. The van der Waals surface area contributed by atoms with Crippen LogP contribution in [0.2, 0.25) is 0 Å². The van der Waals surface area contributed by atoms with Crippen LogP contribution in [-0.4, -0.2) is 27.9 Å². The molecular weight excluding hydrogens is 386 g/mol. The minimum Gasteiger partial charge on any atom is -0.493 e. The molecule has 0 fully saturated rings. The van der Waals surface area contributed by atoms with Crippen LogP contribution >= 0.6 is 11.8 Å². The van der Waals surface area contributed by atoms with E-state index in [9.17, 15) is 0 Å². The Kier molecular flexibility index (Phi) is 5.90. The number of anilines is 1. The molecule has 0 aliphatic carbocycles. The van der Waals surface area contributed by atoms with E-state index in [1.54, 1.807) is 27.6 Å². The summed E-state index contributed by atoms with van der Waals surface area (Å²) in [6, 6.07) is 14.7. The third-order valence-corrected chi connectivity index (χ3v) is 6.54. The highest BCUT2D eigenvalue weighted by Crippen LogP contribution is 2.48. The van der Waals surface area contributed by atoms with Crippen molar-refractivity contribution in [2.24, 2.45) is 0 Å². The number of nitrogens with zero attached hydrogens (tertiary/aromatic N) is 1. The zero-order chi connectivity index (χ0) is 20.2. The molecule has 1 unspecified atom stereocenters. The summed E-state index contributed by atoms with van der Waals surface area (Å²) in [5.74, 6) is 2.00. The first-order valence-corrected chi connectivity index (χ1v) is 10.4. The number of hydrogen-bond acceptors (Lipinski definition) is 6. The number of furan rings is 1. The van der Waals surface area contributed by atoms with Crippen LogP contribution in [0.1, 0.15) is 22.8 Å². The molecule has 3 aromatic rings. The van der Waals surface area contributed by atoms with E-state index in [1.807, 2.05) is 24.1 Å². The highest BCUT2D eigenvalue weighted by atomic mass is 32.2. The number of para-hydroxylation sites is 1. The van der Waals surface area contributed by atoms with Crippen molar-refractivity contribution in [3.63, 3.8) is 0 Å². The molecule has 1 aliphatic rings. The van der Waals surface area contributed by atoms with Gasteiger partial charge in [-0.1, -0.05) is 12.1 Å². The van der Waals surface area contributed by atoms with Gasteiger partial charge in [-0.3, -0.25) is 0 Å². The fourth-order valence-corrected chi connectivity index (χ4v) is 4.99. The second-order valence-electron chi connectivity index (χ2n) is 6.87. The van der Waals surface area contributed by atoms with Gasteiger partial charge in [0.2, 0.25) is 5.75 Å². The average molecular weight is 412 g/mol. The Bertz CT molecular complexity index is 932. The van der Waals surface area contributed by atoms with Crippen molar-refractivity contribution in [1.29, 1.82) is 0 Å². The number of thioether (sulfide) groups is 1. The first kappa shape index (κ1) is 19.6. The van der Waals surface area contributed by atoms with Gasteiger partial charge in [-0.15, -0.1) is 11.8 Å². The smallest absolute Gasteiger partial charge is 0.203 e. The van der Waals surface area contributed by atoms with E-state index in [-0.39, 0.29) is 5.25 Å². The molecule has 1 aliphatic heterocycles. The standard InChI is InChI=1S/C23H25NO4S/c1-25-19-12-17(13-20(26-2)23(19)27-3)21-8-10-24(14-16-9-11-28-15-16)18-6-4-5-7-22(18)29-21/h4-7,9,11-13,15,21H,8,10,14H2,1-3H3. The van der Waals surface area contributed by atoms with Crippen molar-refractivity contribution in [2.75, 3.05) is 32.8 Å². The van der Waals surface area contributed by atoms with Gasteiger partial charge in [-0.25, -0.2) is 0 Å². The maximum atomic E-state index is 5.57. The molecule has 2 aromatic carbocycles. The quantitative estimate of drug-likeness (QED) is 0.530. The predicted octanol–water partition coefficient (Wildman–Crippen LogP) is 5.55. The van der Waals surface area contributed by atoms with Gasteiger partial charge in [0.15, 0.2) is 11.5 Å². The number of hydrogen-bond donors (Lipinski definition) is 0. The molecule has 6 heteroatoms. The molecule has 0 bridgehead atoms. The lowest BCUT2D eigenvalue weighted by atomic mass is 10.1. The van der Waals surface area contributed by atoms with Gasteiger partial charge in [-0.05, 0) is 42.3 Å². The van der Waals surface area contributed by atoms with Gasteiger partial charge in [0.05, 0.1) is 39.5 Å². The van der Waals surface area contributed by atoms with Crippen molar-refractivity contribution >= 4 is 17.4 Å². The van der Waals surface area contributed by atoms with E-state index >= 15 is 0 Å². The van der Waals surface area contributed by atoms with Crippen molar-refractivity contribution < 1.29 is 18.6 Å². The monoisotopic (exact) mass is 411 g/mol. The van der Waals surface area contributed by atoms with E-state index in [0.29, 0.717) is 17.2 Å². The van der Waals surface area contributed by atoms with Crippen LogP contribution < -0.4 is 19.1 Å². The van der Waals surface area contributed by atoms with Gasteiger partial charge in [0, 0.05) is 28.8 Å². The van der Waals surface area contributed by atoms with E-state index < -0.39 is 0 Å². The van der Waals surface area contributed by atoms with E-state index in [2.05, 4.69) is 41.3 Å².